The number of allylic oxidation sites excluding steroid dienone is 4. The first kappa shape index (κ1) is 48.7. The molecule has 0 aliphatic heterocycles. The molecule has 2 aromatic carbocycles. The summed E-state index contributed by atoms with van der Waals surface area (Å²) < 4.78 is 0. The topological polar surface area (TPSA) is 36.4 Å². The van der Waals surface area contributed by atoms with Crippen molar-refractivity contribution in [2.24, 2.45) is 0 Å². The van der Waals surface area contributed by atoms with Gasteiger partial charge in [0.15, 0.2) is 0 Å². The number of aryl methyl sites for hydroxylation is 2. The summed E-state index contributed by atoms with van der Waals surface area (Å²) in [7, 11) is 0. The molecular formula is C51H74N2Ni. The third kappa shape index (κ3) is 23.5. The van der Waals surface area contributed by atoms with Crippen LogP contribution < -0.4 is 0 Å². The normalized spacial score (nSPS) is 11.0. The monoisotopic (exact) mass is 773 g/mol. The van der Waals surface area contributed by atoms with Gasteiger partial charge in [-0.2, -0.15) is 0 Å². The maximum atomic E-state index is 9.61. The van der Waals surface area contributed by atoms with Crippen LogP contribution in [0.15, 0.2) is 71.8 Å². The average molecular weight is 774 g/mol. The summed E-state index contributed by atoms with van der Waals surface area (Å²) in [5, 5.41) is 0. The van der Waals surface area contributed by atoms with E-state index in [2.05, 4.69) is 135 Å². The molecule has 2 aromatic rings. The van der Waals surface area contributed by atoms with Crippen LogP contribution >= 0.6 is 0 Å². The molecule has 0 heterocycles. The Morgan fingerprint density at radius 2 is 1.11 bits per heavy atom. The first-order valence-corrected chi connectivity index (χ1v) is 22.7. The summed E-state index contributed by atoms with van der Waals surface area (Å²) in [6, 6.07) is 18.2. The quantitative estimate of drug-likeness (QED) is 0.0183. The van der Waals surface area contributed by atoms with E-state index in [1.165, 1.54) is 139 Å². The van der Waals surface area contributed by atoms with E-state index in [0.717, 1.165) is 62.5 Å². The fourth-order valence-electron chi connectivity index (χ4n) is 6.18. The number of benzene rings is 2. The molecule has 0 bridgehead atoms. The number of hydrogen-bond donors (Lipinski definition) is 0. The number of nitrogens with zero attached hydrogens (tertiary/aromatic N) is 2. The van der Waals surface area contributed by atoms with Crippen molar-refractivity contribution in [2.75, 3.05) is 0 Å². The molecule has 0 spiro atoms. The first-order valence-electron chi connectivity index (χ1n) is 21.7. The molecule has 0 saturated carbocycles. The molecule has 0 aliphatic rings. The van der Waals surface area contributed by atoms with Crippen molar-refractivity contribution in [3.8, 4) is 21.6 Å². The van der Waals surface area contributed by atoms with Crippen LogP contribution in [0.4, 0.5) is 0 Å². The molecule has 0 amide bonds. The molecule has 54 heavy (non-hydrogen) atoms. The Hall–Kier alpha value is -3.31. The van der Waals surface area contributed by atoms with Gasteiger partial charge in [-0.3, -0.25) is 0 Å². The minimum absolute atomic E-state index is 0.838. The maximum absolute atomic E-state index is 9.61. The Kier molecular flexibility index (Phi) is 31.9. The molecule has 0 radical (unpaired) electrons. The van der Waals surface area contributed by atoms with Gasteiger partial charge >= 0.3 is 107 Å². The van der Waals surface area contributed by atoms with Gasteiger partial charge in [0.2, 0.25) is 0 Å². The van der Waals surface area contributed by atoms with E-state index in [-0.39, 0.29) is 0 Å². The minimum atomic E-state index is 0.838. The van der Waals surface area contributed by atoms with Gasteiger partial charge in [-0.15, -0.1) is 4.79 Å². The zero-order valence-electron chi connectivity index (χ0n) is 35.2. The van der Waals surface area contributed by atoms with Crippen LogP contribution in [0.5, 0.6) is 0 Å². The van der Waals surface area contributed by atoms with Crippen molar-refractivity contribution >= 4 is 11.4 Å². The van der Waals surface area contributed by atoms with Gasteiger partial charge in [-0.25, -0.2) is 0 Å². The van der Waals surface area contributed by atoms with Crippen LogP contribution in [-0.2, 0) is 27.3 Å². The van der Waals surface area contributed by atoms with Crippen molar-refractivity contribution in [2.45, 2.75) is 189 Å². The van der Waals surface area contributed by atoms with E-state index in [1.54, 1.807) is 0 Å². The molecule has 0 N–H and O–H groups in total. The van der Waals surface area contributed by atoms with Gasteiger partial charge in [0, 0.05) is 5.57 Å². The van der Waals surface area contributed by atoms with E-state index in [9.17, 15) is 5.53 Å². The molecule has 0 fully saturated rings. The zero-order chi connectivity index (χ0) is 39.3. The Balaban J connectivity index is 0.000000817. The second-order valence-electron chi connectivity index (χ2n) is 14.3. The van der Waals surface area contributed by atoms with Crippen LogP contribution in [0.1, 0.15) is 199 Å². The van der Waals surface area contributed by atoms with Crippen LogP contribution in [0.3, 0.4) is 0 Å². The summed E-state index contributed by atoms with van der Waals surface area (Å²) in [6.45, 7) is 13.4. The second kappa shape index (κ2) is 35.4. The van der Waals surface area contributed by atoms with E-state index in [1.807, 2.05) is 0 Å². The molecule has 0 saturated heterocycles. The molecule has 0 atom stereocenters. The average Bonchev–Trinajstić information content (AvgIpc) is 3.19. The van der Waals surface area contributed by atoms with Crippen molar-refractivity contribution < 1.29 is 19.2 Å². The van der Waals surface area contributed by atoms with Gasteiger partial charge in [0.05, 0.1) is 5.57 Å². The Labute approximate surface area is 339 Å². The molecule has 0 aromatic heterocycles. The van der Waals surface area contributed by atoms with Crippen molar-refractivity contribution in [3.05, 3.63) is 99.6 Å². The summed E-state index contributed by atoms with van der Waals surface area (Å²) in [4.78, 5) is 9.51. The van der Waals surface area contributed by atoms with E-state index >= 15 is 0 Å². The summed E-state index contributed by atoms with van der Waals surface area (Å²) >= 11 is 1.28. The van der Waals surface area contributed by atoms with Gasteiger partial charge in [-0.1, -0.05) is 140 Å². The van der Waals surface area contributed by atoms with E-state index < -0.39 is 0 Å². The van der Waals surface area contributed by atoms with Gasteiger partial charge in [0.25, 0.3) is 0 Å². The fraction of sp³-hybridized carbons (Fsp3) is 0.569. The first-order chi connectivity index (χ1) is 26.6. The predicted molar refractivity (Wildman–Crippen MR) is 234 cm³/mol. The summed E-state index contributed by atoms with van der Waals surface area (Å²) in [5.41, 5.74) is 18.2. The van der Waals surface area contributed by atoms with Crippen LogP contribution in [0, 0.1) is 21.6 Å². The SMILES string of the molecule is CCCCC=CC(C(=C=[N+]=[N-])CCCC)=C(c1cccc(CCCCC)c1)c1cccc(CCCCCC)c1.CCCCCC#[C][Ni][C]#CCCCCC. The number of unbranched alkanes of at least 4 members (excludes halogenated alkanes) is 14. The standard InChI is InChI=1S/C37H52N2.2C7H11.Ni/c1-5-9-13-16-21-32-23-19-26-34(29-32)37(33-25-18-22-31(28-33)20-15-11-7-3)36(27-17-14-10-6-2)35(30-39-38)24-12-8-4;2*1-3-5-7-6-4-2;/h17-19,22-23,25-29H,5-16,20-21,24H2,1-4H3;2*3,5-7H2,1H3;. The second-order valence-corrected chi connectivity index (χ2v) is 15.0. The molecule has 0 unspecified atom stereocenters. The van der Waals surface area contributed by atoms with Gasteiger partial charge in [-0.05, 0) is 72.8 Å². The third-order valence-electron chi connectivity index (χ3n) is 9.39. The predicted octanol–water partition coefficient (Wildman–Crippen LogP) is 15.3. The molecule has 298 valence electrons. The van der Waals surface area contributed by atoms with Crippen molar-refractivity contribution in [3.63, 3.8) is 0 Å². The third-order valence-corrected chi connectivity index (χ3v) is 9.99. The Morgan fingerprint density at radius 1 is 0.611 bits per heavy atom. The van der Waals surface area contributed by atoms with Crippen LogP contribution in [-0.4, -0.2) is 10.7 Å². The van der Waals surface area contributed by atoms with Crippen LogP contribution in [0.25, 0.3) is 11.1 Å². The zero-order valence-corrected chi connectivity index (χ0v) is 36.2. The molecule has 2 rings (SSSR count). The Morgan fingerprint density at radius 3 is 1.63 bits per heavy atom. The fourth-order valence-corrected chi connectivity index (χ4v) is 6.66. The Bertz CT molecular complexity index is 1520. The summed E-state index contributed by atoms with van der Waals surface area (Å²) in [6.07, 6.45) is 31.6. The van der Waals surface area contributed by atoms with Gasteiger partial charge < -0.3 is 5.53 Å². The van der Waals surface area contributed by atoms with E-state index in [0.29, 0.717) is 0 Å². The van der Waals surface area contributed by atoms with Crippen molar-refractivity contribution in [1.29, 1.82) is 0 Å². The summed E-state index contributed by atoms with van der Waals surface area (Å²) in [5.74, 6) is 9.27. The van der Waals surface area contributed by atoms with Crippen LogP contribution in [0.2, 0.25) is 0 Å². The number of rotatable bonds is 25. The number of hydrogen-bond acceptors (Lipinski definition) is 0. The molecule has 2 nitrogen and oxygen atoms in total. The van der Waals surface area contributed by atoms with Crippen molar-refractivity contribution in [1.82, 2.24) is 0 Å². The van der Waals surface area contributed by atoms with E-state index in [4.69, 9.17) is 0 Å². The molecule has 0 aliphatic carbocycles. The molecule has 3 heteroatoms. The molecular weight excluding hydrogens is 699 g/mol. The van der Waals surface area contributed by atoms with Gasteiger partial charge in [0.1, 0.15) is 0 Å².